The zero-order chi connectivity index (χ0) is 13.2. The number of aromatic nitrogens is 4. The lowest BCUT2D eigenvalue weighted by atomic mass is 10.2. The van der Waals surface area contributed by atoms with Gasteiger partial charge < -0.3 is 10.2 Å². The topological polar surface area (TPSA) is 82.8 Å². The maximum atomic E-state index is 13.1. The molecule has 2 aromatic heterocycles. The molecular weight excluding hydrogens is 249 g/mol. The van der Waals surface area contributed by atoms with Crippen LogP contribution < -0.4 is 5.73 Å². The van der Waals surface area contributed by atoms with E-state index in [-0.39, 0.29) is 5.82 Å². The molecule has 19 heavy (non-hydrogen) atoms. The number of hydrogen-bond donors (Lipinski definition) is 1. The van der Waals surface area contributed by atoms with Gasteiger partial charge in [0, 0.05) is 5.56 Å². The van der Waals surface area contributed by atoms with Gasteiger partial charge in [0.2, 0.25) is 5.89 Å². The van der Waals surface area contributed by atoms with E-state index < -0.39 is 0 Å². The zero-order valence-electron chi connectivity index (χ0n) is 9.82. The number of nitrogen functional groups attached to an aromatic ring is 1. The second-order valence-electron chi connectivity index (χ2n) is 4.00. The van der Waals surface area contributed by atoms with E-state index in [9.17, 15) is 4.39 Å². The summed E-state index contributed by atoms with van der Waals surface area (Å²) >= 11 is 0. The Bertz CT molecular complexity index is 705. The van der Waals surface area contributed by atoms with Crippen LogP contribution in [0, 0.1) is 5.82 Å². The number of hydrogen-bond acceptors (Lipinski definition) is 5. The Balaban J connectivity index is 1.83. The fraction of sp³-hybridized carbons (Fsp3) is 0.0833. The van der Waals surface area contributed by atoms with E-state index in [1.165, 1.54) is 18.4 Å². The molecule has 0 atom stereocenters. The molecule has 2 heterocycles. The lowest BCUT2D eigenvalue weighted by molar-refractivity contribution is 0.566. The smallest absolute Gasteiger partial charge is 0.226 e. The number of rotatable bonds is 3. The Kier molecular flexibility index (Phi) is 2.71. The van der Waals surface area contributed by atoms with Gasteiger partial charge >= 0.3 is 0 Å². The maximum absolute atomic E-state index is 13.1. The van der Waals surface area contributed by atoms with Crippen molar-refractivity contribution in [3.05, 3.63) is 48.2 Å². The van der Waals surface area contributed by atoms with Crippen molar-refractivity contribution in [2.75, 3.05) is 5.73 Å². The Hall–Kier alpha value is -2.70. The predicted octanol–water partition coefficient (Wildman–Crippen LogP) is 1.70. The van der Waals surface area contributed by atoms with Gasteiger partial charge in [0.05, 0.1) is 12.7 Å². The molecule has 2 N–H and O–H groups in total. The summed E-state index contributed by atoms with van der Waals surface area (Å²) in [6.07, 6.45) is 3.09. The van der Waals surface area contributed by atoms with Crippen LogP contribution in [0.2, 0.25) is 0 Å². The number of nitrogens with zero attached hydrogens (tertiary/aromatic N) is 4. The summed E-state index contributed by atoms with van der Waals surface area (Å²) in [7, 11) is 0. The average Bonchev–Trinajstić information content (AvgIpc) is 2.99. The minimum Gasteiger partial charge on any atom is -0.444 e. The van der Waals surface area contributed by atoms with E-state index in [0.29, 0.717) is 29.5 Å². The number of benzene rings is 1. The monoisotopic (exact) mass is 259 g/mol. The molecule has 0 saturated carbocycles. The molecule has 0 spiro atoms. The molecule has 96 valence electrons. The summed E-state index contributed by atoms with van der Waals surface area (Å²) in [5.41, 5.74) is 6.71. The average molecular weight is 259 g/mol. The van der Waals surface area contributed by atoms with Gasteiger partial charge in [-0.25, -0.2) is 14.1 Å². The first-order valence-electron chi connectivity index (χ1n) is 5.57. The van der Waals surface area contributed by atoms with Crippen LogP contribution in [-0.2, 0) is 6.54 Å². The maximum Gasteiger partial charge on any atom is 0.226 e. The molecule has 0 amide bonds. The molecule has 0 aliphatic rings. The summed E-state index contributed by atoms with van der Waals surface area (Å²) in [5.74, 6) is 0.373. The van der Waals surface area contributed by atoms with Crippen molar-refractivity contribution >= 4 is 5.82 Å². The molecule has 0 fully saturated rings. The Morgan fingerprint density at radius 3 is 3.00 bits per heavy atom. The minimum absolute atomic E-state index is 0.332. The van der Waals surface area contributed by atoms with Crippen molar-refractivity contribution in [1.29, 1.82) is 0 Å². The van der Waals surface area contributed by atoms with E-state index in [2.05, 4.69) is 15.3 Å². The first-order valence-corrected chi connectivity index (χ1v) is 5.57. The third-order valence-electron chi connectivity index (χ3n) is 2.50. The summed E-state index contributed by atoms with van der Waals surface area (Å²) in [5, 5.41) is 7.48. The van der Waals surface area contributed by atoms with Gasteiger partial charge in [0.1, 0.15) is 17.8 Å². The van der Waals surface area contributed by atoms with Crippen LogP contribution in [0.1, 0.15) is 5.69 Å². The summed E-state index contributed by atoms with van der Waals surface area (Å²) in [4.78, 5) is 4.26. The highest BCUT2D eigenvalue weighted by molar-refractivity contribution is 5.52. The SMILES string of the molecule is Nc1cn(Cc2coc(-c3cccc(F)c3)n2)nn1. The van der Waals surface area contributed by atoms with Gasteiger partial charge in [-0.3, -0.25) is 0 Å². The second-order valence-corrected chi connectivity index (χ2v) is 4.00. The first kappa shape index (κ1) is 11.4. The molecule has 0 unspecified atom stereocenters. The van der Waals surface area contributed by atoms with Gasteiger partial charge in [-0.2, -0.15) is 0 Å². The summed E-state index contributed by atoms with van der Waals surface area (Å²) < 4.78 is 20.0. The molecule has 6 nitrogen and oxygen atoms in total. The van der Waals surface area contributed by atoms with Crippen LogP contribution in [0.25, 0.3) is 11.5 Å². The van der Waals surface area contributed by atoms with Crippen molar-refractivity contribution in [2.24, 2.45) is 0 Å². The lowest BCUT2D eigenvalue weighted by Gasteiger charge is -1.95. The largest absolute Gasteiger partial charge is 0.444 e. The fourth-order valence-corrected chi connectivity index (χ4v) is 1.69. The van der Waals surface area contributed by atoms with Crippen LogP contribution in [0.4, 0.5) is 10.2 Å². The second kappa shape index (κ2) is 4.52. The highest BCUT2D eigenvalue weighted by Crippen LogP contribution is 2.19. The number of nitrogens with two attached hydrogens (primary N) is 1. The molecule has 7 heteroatoms. The summed E-state index contributed by atoms with van der Waals surface area (Å²) in [6.45, 7) is 0.392. The molecule has 0 radical (unpaired) electrons. The number of anilines is 1. The van der Waals surface area contributed by atoms with Crippen LogP contribution in [0.3, 0.4) is 0 Å². The standard InChI is InChI=1S/C12H10FN5O/c13-9-3-1-2-8(4-9)12-15-10(7-19-12)5-18-6-11(14)16-17-18/h1-4,6-7H,5,14H2. The van der Waals surface area contributed by atoms with Crippen LogP contribution in [-0.4, -0.2) is 20.0 Å². The normalized spacial score (nSPS) is 10.8. The molecule has 0 aliphatic heterocycles. The van der Waals surface area contributed by atoms with Crippen molar-refractivity contribution in [1.82, 2.24) is 20.0 Å². The molecule has 3 aromatic rings. The fourth-order valence-electron chi connectivity index (χ4n) is 1.69. The third-order valence-corrected chi connectivity index (χ3v) is 2.50. The van der Waals surface area contributed by atoms with Crippen molar-refractivity contribution in [3.8, 4) is 11.5 Å². The molecule has 0 aliphatic carbocycles. The van der Waals surface area contributed by atoms with Crippen molar-refractivity contribution in [3.63, 3.8) is 0 Å². The lowest BCUT2D eigenvalue weighted by Crippen LogP contribution is -2.00. The van der Waals surface area contributed by atoms with E-state index in [4.69, 9.17) is 10.2 Å². The first-order chi connectivity index (χ1) is 9.20. The van der Waals surface area contributed by atoms with Crippen molar-refractivity contribution in [2.45, 2.75) is 6.54 Å². The highest BCUT2D eigenvalue weighted by atomic mass is 19.1. The highest BCUT2D eigenvalue weighted by Gasteiger charge is 2.08. The van der Waals surface area contributed by atoms with Crippen LogP contribution in [0.15, 0.2) is 41.1 Å². The number of oxazole rings is 1. The molecule has 0 bridgehead atoms. The van der Waals surface area contributed by atoms with Gasteiger partial charge in [-0.05, 0) is 18.2 Å². The van der Waals surface area contributed by atoms with E-state index in [1.807, 2.05) is 0 Å². The zero-order valence-corrected chi connectivity index (χ0v) is 9.82. The third kappa shape index (κ3) is 2.44. The molecular formula is C12H10FN5O. The number of halogens is 1. The van der Waals surface area contributed by atoms with Gasteiger partial charge in [0.15, 0.2) is 5.82 Å². The van der Waals surface area contributed by atoms with Crippen molar-refractivity contribution < 1.29 is 8.81 Å². The van der Waals surface area contributed by atoms with Gasteiger partial charge in [-0.15, -0.1) is 5.10 Å². The molecule has 3 rings (SSSR count). The minimum atomic E-state index is -0.332. The Morgan fingerprint density at radius 2 is 2.26 bits per heavy atom. The Morgan fingerprint density at radius 1 is 1.37 bits per heavy atom. The van der Waals surface area contributed by atoms with E-state index >= 15 is 0 Å². The van der Waals surface area contributed by atoms with Gasteiger partial charge in [0.25, 0.3) is 0 Å². The van der Waals surface area contributed by atoms with E-state index in [1.54, 1.807) is 23.0 Å². The molecule has 0 saturated heterocycles. The molecule has 1 aromatic carbocycles. The van der Waals surface area contributed by atoms with Crippen LogP contribution in [0.5, 0.6) is 0 Å². The van der Waals surface area contributed by atoms with E-state index in [0.717, 1.165) is 0 Å². The van der Waals surface area contributed by atoms with Crippen LogP contribution >= 0.6 is 0 Å². The quantitative estimate of drug-likeness (QED) is 0.774. The Labute approximate surface area is 107 Å². The summed E-state index contributed by atoms with van der Waals surface area (Å²) in [6, 6.07) is 6.06. The predicted molar refractivity (Wildman–Crippen MR) is 65.4 cm³/mol. The van der Waals surface area contributed by atoms with Gasteiger partial charge in [-0.1, -0.05) is 11.3 Å².